The molecule has 2 N–H and O–H groups in total. The zero-order chi connectivity index (χ0) is 14.5. The van der Waals surface area contributed by atoms with Crippen LogP contribution in [0.25, 0.3) is 0 Å². The molecule has 0 atom stereocenters. The largest absolute Gasteiger partial charge is 0.378 e. The van der Waals surface area contributed by atoms with Crippen LogP contribution in [0.2, 0.25) is 0 Å². The van der Waals surface area contributed by atoms with Crippen LogP contribution in [-0.2, 0) is 10.5 Å². The Bertz CT molecular complexity index is 603. The van der Waals surface area contributed by atoms with E-state index >= 15 is 0 Å². The predicted molar refractivity (Wildman–Crippen MR) is 83.3 cm³/mol. The van der Waals surface area contributed by atoms with Gasteiger partial charge >= 0.3 is 0 Å². The summed E-state index contributed by atoms with van der Waals surface area (Å²) in [6.45, 7) is 3.34. The van der Waals surface area contributed by atoms with Gasteiger partial charge < -0.3 is 15.4 Å². The van der Waals surface area contributed by atoms with E-state index in [1.54, 1.807) is 18.0 Å². The fourth-order valence-corrected chi connectivity index (χ4v) is 3.10. The van der Waals surface area contributed by atoms with Crippen LogP contribution in [0.5, 0.6) is 0 Å². The van der Waals surface area contributed by atoms with Crippen LogP contribution in [0.4, 0.5) is 11.6 Å². The van der Waals surface area contributed by atoms with Crippen LogP contribution in [0.1, 0.15) is 5.69 Å². The number of thioether (sulfide) groups is 1. The van der Waals surface area contributed by atoms with E-state index < -0.39 is 0 Å². The van der Waals surface area contributed by atoms with Gasteiger partial charge in [-0.05, 0) is 18.2 Å². The molecule has 0 aromatic carbocycles. The van der Waals surface area contributed by atoms with Crippen LogP contribution >= 0.6 is 11.8 Å². The molecular weight excluding hydrogens is 286 g/mol. The molecule has 1 aliphatic heterocycles. The number of hydrogen-bond donors (Lipinski definition) is 1. The second-order valence-corrected chi connectivity index (χ2v) is 5.59. The zero-order valence-electron chi connectivity index (χ0n) is 11.6. The van der Waals surface area contributed by atoms with E-state index in [9.17, 15) is 0 Å². The van der Waals surface area contributed by atoms with Crippen LogP contribution in [-0.4, -0.2) is 41.3 Å². The standard InChI is InChI=1S/C14H17N5OS/c15-14-17-5-3-11(18-14)10-21-13-12(2-1-4-16-13)19-6-8-20-9-7-19/h1-5H,6-10H2,(H2,15,17,18). The van der Waals surface area contributed by atoms with E-state index in [0.29, 0.717) is 5.95 Å². The number of nitrogens with zero attached hydrogens (tertiary/aromatic N) is 4. The smallest absolute Gasteiger partial charge is 0.220 e. The Labute approximate surface area is 127 Å². The minimum absolute atomic E-state index is 0.308. The number of morpholine rings is 1. The van der Waals surface area contributed by atoms with Crippen LogP contribution in [0, 0.1) is 0 Å². The minimum Gasteiger partial charge on any atom is -0.378 e. The van der Waals surface area contributed by atoms with Crippen molar-refractivity contribution in [1.82, 2.24) is 15.0 Å². The molecule has 0 saturated carbocycles. The van der Waals surface area contributed by atoms with Gasteiger partial charge in [-0.2, -0.15) is 0 Å². The molecular formula is C14H17N5OS. The first-order valence-corrected chi connectivity index (χ1v) is 7.79. The molecule has 7 heteroatoms. The van der Waals surface area contributed by atoms with E-state index in [0.717, 1.165) is 48.5 Å². The summed E-state index contributed by atoms with van der Waals surface area (Å²) in [6, 6.07) is 5.95. The van der Waals surface area contributed by atoms with Crippen molar-refractivity contribution < 1.29 is 4.74 Å². The number of anilines is 2. The SMILES string of the molecule is Nc1nccc(CSc2ncccc2N2CCOCC2)n1. The topological polar surface area (TPSA) is 77.2 Å². The highest BCUT2D eigenvalue weighted by atomic mass is 32.2. The normalized spacial score (nSPS) is 15.1. The van der Waals surface area contributed by atoms with Gasteiger partial charge in [0.15, 0.2) is 0 Å². The van der Waals surface area contributed by atoms with E-state index in [-0.39, 0.29) is 0 Å². The van der Waals surface area contributed by atoms with E-state index in [4.69, 9.17) is 10.5 Å². The third-order valence-corrected chi connectivity index (χ3v) is 4.22. The van der Waals surface area contributed by atoms with Crippen LogP contribution in [0.3, 0.4) is 0 Å². The molecule has 0 radical (unpaired) electrons. The highest BCUT2D eigenvalue weighted by molar-refractivity contribution is 7.98. The third-order valence-electron chi connectivity index (χ3n) is 3.19. The van der Waals surface area contributed by atoms with Gasteiger partial charge in [0.05, 0.1) is 24.6 Å². The van der Waals surface area contributed by atoms with Crippen molar-refractivity contribution in [1.29, 1.82) is 0 Å². The Morgan fingerprint density at radius 1 is 1.19 bits per heavy atom. The van der Waals surface area contributed by atoms with E-state index in [1.165, 1.54) is 0 Å². The summed E-state index contributed by atoms with van der Waals surface area (Å²) in [5.41, 5.74) is 7.67. The van der Waals surface area contributed by atoms with Gasteiger partial charge in [-0.15, -0.1) is 0 Å². The molecule has 0 bridgehead atoms. The zero-order valence-corrected chi connectivity index (χ0v) is 12.4. The van der Waals surface area contributed by atoms with Crippen molar-refractivity contribution in [2.75, 3.05) is 36.9 Å². The number of pyridine rings is 1. The highest BCUT2D eigenvalue weighted by Crippen LogP contribution is 2.30. The maximum atomic E-state index is 5.61. The fourth-order valence-electron chi connectivity index (χ4n) is 2.17. The first-order chi connectivity index (χ1) is 10.3. The van der Waals surface area contributed by atoms with Gasteiger partial charge in [0, 0.05) is 31.2 Å². The maximum absolute atomic E-state index is 5.61. The minimum atomic E-state index is 0.308. The van der Waals surface area contributed by atoms with Gasteiger partial charge in [0.2, 0.25) is 5.95 Å². The van der Waals surface area contributed by atoms with Crippen molar-refractivity contribution >= 4 is 23.4 Å². The lowest BCUT2D eigenvalue weighted by molar-refractivity contribution is 0.122. The Balaban J connectivity index is 1.73. The third kappa shape index (κ3) is 3.62. The molecule has 0 unspecified atom stereocenters. The maximum Gasteiger partial charge on any atom is 0.220 e. The molecule has 1 aliphatic rings. The molecule has 2 aromatic heterocycles. The predicted octanol–water partition coefficient (Wildman–Crippen LogP) is 1.58. The Morgan fingerprint density at radius 3 is 2.86 bits per heavy atom. The van der Waals surface area contributed by atoms with Gasteiger partial charge in [0.1, 0.15) is 5.03 Å². The first kappa shape index (κ1) is 14.1. The molecule has 1 fully saturated rings. The lowest BCUT2D eigenvalue weighted by Crippen LogP contribution is -2.36. The monoisotopic (exact) mass is 303 g/mol. The van der Waals surface area contributed by atoms with Crippen molar-refractivity contribution in [3.05, 3.63) is 36.3 Å². The van der Waals surface area contributed by atoms with Crippen molar-refractivity contribution in [2.24, 2.45) is 0 Å². The fraction of sp³-hybridized carbons (Fsp3) is 0.357. The molecule has 0 aliphatic carbocycles. The van der Waals surface area contributed by atoms with Gasteiger partial charge in [-0.25, -0.2) is 15.0 Å². The Kier molecular flexibility index (Phi) is 4.52. The number of rotatable bonds is 4. The van der Waals surface area contributed by atoms with Crippen LogP contribution < -0.4 is 10.6 Å². The lowest BCUT2D eigenvalue weighted by atomic mass is 10.3. The van der Waals surface area contributed by atoms with E-state index in [1.807, 2.05) is 18.3 Å². The first-order valence-electron chi connectivity index (χ1n) is 6.81. The average Bonchev–Trinajstić information content (AvgIpc) is 2.54. The summed E-state index contributed by atoms with van der Waals surface area (Å²) >= 11 is 1.66. The quantitative estimate of drug-likeness (QED) is 0.859. The molecule has 0 spiro atoms. The van der Waals surface area contributed by atoms with Crippen molar-refractivity contribution in [2.45, 2.75) is 10.8 Å². The summed E-state index contributed by atoms with van der Waals surface area (Å²) in [7, 11) is 0. The summed E-state index contributed by atoms with van der Waals surface area (Å²) in [6.07, 6.45) is 3.50. The van der Waals surface area contributed by atoms with Gasteiger partial charge in [-0.3, -0.25) is 0 Å². The number of aromatic nitrogens is 3. The van der Waals surface area contributed by atoms with Gasteiger partial charge in [-0.1, -0.05) is 11.8 Å². The summed E-state index contributed by atoms with van der Waals surface area (Å²) < 4.78 is 5.40. The highest BCUT2D eigenvalue weighted by Gasteiger charge is 2.15. The lowest BCUT2D eigenvalue weighted by Gasteiger charge is -2.29. The van der Waals surface area contributed by atoms with Crippen molar-refractivity contribution in [3.63, 3.8) is 0 Å². The molecule has 110 valence electrons. The molecule has 1 saturated heterocycles. The molecule has 6 nitrogen and oxygen atoms in total. The number of nitrogens with two attached hydrogens (primary N) is 1. The van der Waals surface area contributed by atoms with Crippen LogP contribution in [0.15, 0.2) is 35.6 Å². The number of nitrogen functional groups attached to an aromatic ring is 1. The second-order valence-electron chi connectivity index (χ2n) is 4.62. The van der Waals surface area contributed by atoms with Gasteiger partial charge in [0.25, 0.3) is 0 Å². The summed E-state index contributed by atoms with van der Waals surface area (Å²) in [5.74, 6) is 1.03. The second kappa shape index (κ2) is 6.73. The molecule has 21 heavy (non-hydrogen) atoms. The summed E-state index contributed by atoms with van der Waals surface area (Å²) in [5, 5.41) is 1.01. The molecule has 3 heterocycles. The Morgan fingerprint density at radius 2 is 2.05 bits per heavy atom. The average molecular weight is 303 g/mol. The Hall–Kier alpha value is -1.86. The van der Waals surface area contributed by atoms with Crippen molar-refractivity contribution in [3.8, 4) is 0 Å². The summed E-state index contributed by atoms with van der Waals surface area (Å²) in [4.78, 5) is 14.9. The van der Waals surface area contributed by atoms with E-state index in [2.05, 4.69) is 25.9 Å². The molecule has 3 rings (SSSR count). The number of ether oxygens (including phenoxy) is 1. The number of hydrogen-bond acceptors (Lipinski definition) is 7. The molecule has 2 aromatic rings. The molecule has 0 amide bonds.